The fraction of sp³-hybridized carbons (Fsp3) is 0.111. The summed E-state index contributed by atoms with van der Waals surface area (Å²) in [6.07, 6.45) is 3.95. The number of methoxy groups -OCH3 is 1. The second-order valence-corrected chi connectivity index (χ2v) is 6.11. The van der Waals surface area contributed by atoms with Crippen molar-refractivity contribution in [2.24, 2.45) is 5.10 Å². The number of aromatic hydroxyl groups is 1. The van der Waals surface area contributed by atoms with E-state index in [0.29, 0.717) is 12.2 Å². The van der Waals surface area contributed by atoms with E-state index in [1.807, 2.05) is 30.3 Å². The number of allylic oxidation sites excluding steroid dienone is 1. The van der Waals surface area contributed by atoms with Crippen molar-refractivity contribution in [1.29, 1.82) is 0 Å². The monoisotopic (exact) mass is 339 g/mol. The number of hydrogen-bond acceptors (Lipinski definition) is 6. The molecule has 0 unspecified atom stereocenters. The van der Waals surface area contributed by atoms with Crippen molar-refractivity contribution in [1.82, 2.24) is 4.98 Å². The maximum atomic E-state index is 10.1. The molecule has 3 aromatic rings. The van der Waals surface area contributed by atoms with Gasteiger partial charge in [0.2, 0.25) is 5.13 Å². The van der Waals surface area contributed by atoms with Crippen LogP contribution >= 0.6 is 11.3 Å². The van der Waals surface area contributed by atoms with Gasteiger partial charge < -0.3 is 9.84 Å². The molecule has 0 fully saturated rings. The minimum atomic E-state index is 0.133. The molecule has 0 radical (unpaired) electrons. The molecule has 0 saturated heterocycles. The fourth-order valence-electron chi connectivity index (χ4n) is 2.31. The lowest BCUT2D eigenvalue weighted by atomic mass is 10.1. The summed E-state index contributed by atoms with van der Waals surface area (Å²) in [7, 11) is 1.52. The van der Waals surface area contributed by atoms with Crippen LogP contribution in [0.1, 0.15) is 11.1 Å². The average Bonchev–Trinajstić information content (AvgIpc) is 3.00. The first-order valence-electron chi connectivity index (χ1n) is 7.36. The number of benzene rings is 2. The minimum absolute atomic E-state index is 0.133. The van der Waals surface area contributed by atoms with Gasteiger partial charge in [0.25, 0.3) is 0 Å². The van der Waals surface area contributed by atoms with E-state index >= 15 is 0 Å². The number of thiazole rings is 1. The van der Waals surface area contributed by atoms with Crippen LogP contribution in [0.4, 0.5) is 5.13 Å². The van der Waals surface area contributed by atoms with Gasteiger partial charge in [0.1, 0.15) is 0 Å². The van der Waals surface area contributed by atoms with E-state index in [0.717, 1.165) is 26.5 Å². The molecule has 0 saturated carbocycles. The maximum absolute atomic E-state index is 10.1. The Labute approximate surface area is 143 Å². The zero-order valence-electron chi connectivity index (χ0n) is 13.2. The summed E-state index contributed by atoms with van der Waals surface area (Å²) < 4.78 is 6.31. The quantitative estimate of drug-likeness (QED) is 0.401. The number of phenolic OH excluding ortho intramolecular Hbond substituents is 1. The number of hydrogen-bond donors (Lipinski definition) is 2. The van der Waals surface area contributed by atoms with Crippen LogP contribution in [-0.2, 0) is 6.42 Å². The summed E-state index contributed by atoms with van der Waals surface area (Å²) in [5.74, 6) is 0.546. The Morgan fingerprint density at radius 1 is 1.38 bits per heavy atom. The molecule has 0 atom stereocenters. The van der Waals surface area contributed by atoms with Crippen molar-refractivity contribution >= 4 is 32.9 Å². The van der Waals surface area contributed by atoms with Gasteiger partial charge >= 0.3 is 0 Å². The Morgan fingerprint density at radius 3 is 2.96 bits per heavy atom. The van der Waals surface area contributed by atoms with Crippen LogP contribution in [0, 0.1) is 0 Å². The number of aromatic nitrogens is 1. The number of nitrogens with zero attached hydrogens (tertiary/aromatic N) is 2. The third-order valence-electron chi connectivity index (χ3n) is 3.43. The van der Waals surface area contributed by atoms with Gasteiger partial charge in [-0.2, -0.15) is 5.10 Å². The predicted octanol–water partition coefficient (Wildman–Crippen LogP) is 4.19. The third kappa shape index (κ3) is 3.38. The molecule has 0 aliphatic rings. The zero-order chi connectivity index (χ0) is 16.9. The van der Waals surface area contributed by atoms with E-state index in [9.17, 15) is 5.11 Å². The summed E-state index contributed by atoms with van der Waals surface area (Å²) in [6, 6.07) is 11.5. The van der Waals surface area contributed by atoms with Crippen LogP contribution in [0.2, 0.25) is 0 Å². The Bertz CT molecular complexity index is 869. The van der Waals surface area contributed by atoms with E-state index in [1.54, 1.807) is 18.4 Å². The van der Waals surface area contributed by atoms with Crippen molar-refractivity contribution < 1.29 is 9.84 Å². The van der Waals surface area contributed by atoms with Crippen LogP contribution in [0.3, 0.4) is 0 Å². The molecule has 2 N–H and O–H groups in total. The highest BCUT2D eigenvalue weighted by atomic mass is 32.1. The summed E-state index contributed by atoms with van der Waals surface area (Å²) in [5, 5.41) is 15.0. The van der Waals surface area contributed by atoms with Gasteiger partial charge in [-0.3, -0.25) is 5.43 Å². The van der Waals surface area contributed by atoms with E-state index in [-0.39, 0.29) is 5.75 Å². The molecule has 0 spiro atoms. The molecule has 0 bridgehead atoms. The van der Waals surface area contributed by atoms with E-state index in [2.05, 4.69) is 22.1 Å². The number of para-hydroxylation sites is 1. The Hall–Kier alpha value is -2.86. The Morgan fingerprint density at radius 2 is 2.21 bits per heavy atom. The van der Waals surface area contributed by atoms with Crippen LogP contribution in [0.5, 0.6) is 11.5 Å². The fourth-order valence-corrected chi connectivity index (χ4v) is 3.13. The molecular weight excluding hydrogens is 322 g/mol. The van der Waals surface area contributed by atoms with Gasteiger partial charge in [0.05, 0.1) is 23.5 Å². The largest absolute Gasteiger partial charge is 0.504 e. The standard InChI is InChI=1S/C18H17N3O2S/c1-3-6-13-9-12(10-15(23-2)17(13)22)11-19-21-18-20-14-7-4-5-8-16(14)24-18/h3-5,7-11,22H,1,6H2,2H3,(H,20,21)/b19-11+. The van der Waals surface area contributed by atoms with Crippen LogP contribution in [0.15, 0.2) is 54.2 Å². The van der Waals surface area contributed by atoms with Crippen molar-refractivity contribution in [3.8, 4) is 11.5 Å². The molecule has 1 aromatic heterocycles. The second-order valence-electron chi connectivity index (χ2n) is 5.08. The van der Waals surface area contributed by atoms with Crippen molar-refractivity contribution in [3.05, 3.63) is 60.2 Å². The highest BCUT2D eigenvalue weighted by molar-refractivity contribution is 7.22. The van der Waals surface area contributed by atoms with Crippen LogP contribution in [-0.4, -0.2) is 23.4 Å². The molecule has 1 heterocycles. The number of anilines is 1. The third-order valence-corrected chi connectivity index (χ3v) is 4.37. The molecular formula is C18H17N3O2S. The molecule has 24 heavy (non-hydrogen) atoms. The number of hydrazone groups is 1. The molecule has 2 aromatic carbocycles. The van der Waals surface area contributed by atoms with Crippen LogP contribution in [0.25, 0.3) is 10.2 Å². The SMILES string of the molecule is C=CCc1cc(/C=N/Nc2nc3ccccc3s2)cc(OC)c1O. The van der Waals surface area contributed by atoms with E-state index < -0.39 is 0 Å². The number of rotatable bonds is 6. The van der Waals surface area contributed by atoms with E-state index in [1.165, 1.54) is 18.4 Å². The lowest BCUT2D eigenvalue weighted by Gasteiger charge is -2.09. The summed E-state index contributed by atoms with van der Waals surface area (Å²) in [4.78, 5) is 4.45. The lowest BCUT2D eigenvalue weighted by Crippen LogP contribution is -1.94. The van der Waals surface area contributed by atoms with E-state index in [4.69, 9.17) is 4.74 Å². The first-order valence-corrected chi connectivity index (χ1v) is 8.18. The van der Waals surface area contributed by atoms with Crippen molar-refractivity contribution in [2.75, 3.05) is 12.5 Å². The number of fused-ring (bicyclic) bond motifs is 1. The van der Waals surface area contributed by atoms with Gasteiger partial charge in [-0.1, -0.05) is 29.5 Å². The maximum Gasteiger partial charge on any atom is 0.204 e. The highest BCUT2D eigenvalue weighted by Gasteiger charge is 2.09. The van der Waals surface area contributed by atoms with Gasteiger partial charge in [-0.15, -0.1) is 6.58 Å². The molecule has 5 nitrogen and oxygen atoms in total. The number of phenols is 1. The summed E-state index contributed by atoms with van der Waals surface area (Å²) in [6.45, 7) is 3.70. The predicted molar refractivity (Wildman–Crippen MR) is 99.4 cm³/mol. The zero-order valence-corrected chi connectivity index (χ0v) is 14.0. The van der Waals surface area contributed by atoms with Crippen molar-refractivity contribution in [3.63, 3.8) is 0 Å². The first kappa shape index (κ1) is 16.0. The van der Waals surface area contributed by atoms with Crippen LogP contribution < -0.4 is 10.2 Å². The molecule has 6 heteroatoms. The van der Waals surface area contributed by atoms with Gasteiger partial charge in [0, 0.05) is 5.56 Å². The highest BCUT2D eigenvalue weighted by Crippen LogP contribution is 2.31. The summed E-state index contributed by atoms with van der Waals surface area (Å²) in [5.41, 5.74) is 5.44. The number of nitrogens with one attached hydrogen (secondary N) is 1. The molecule has 0 aliphatic heterocycles. The normalized spacial score (nSPS) is 11.0. The average molecular weight is 339 g/mol. The minimum Gasteiger partial charge on any atom is -0.504 e. The second kappa shape index (κ2) is 7.14. The summed E-state index contributed by atoms with van der Waals surface area (Å²) >= 11 is 1.54. The Kier molecular flexibility index (Phi) is 4.77. The van der Waals surface area contributed by atoms with Gasteiger partial charge in [-0.05, 0) is 36.2 Å². The van der Waals surface area contributed by atoms with Gasteiger partial charge in [-0.25, -0.2) is 4.98 Å². The van der Waals surface area contributed by atoms with Crippen molar-refractivity contribution in [2.45, 2.75) is 6.42 Å². The first-order chi connectivity index (χ1) is 11.7. The smallest absolute Gasteiger partial charge is 0.204 e. The molecule has 0 amide bonds. The molecule has 122 valence electrons. The molecule has 0 aliphatic carbocycles. The Balaban J connectivity index is 1.80. The topological polar surface area (TPSA) is 66.7 Å². The lowest BCUT2D eigenvalue weighted by molar-refractivity contribution is 0.371. The number of ether oxygens (including phenoxy) is 1. The van der Waals surface area contributed by atoms with Gasteiger partial charge in [0.15, 0.2) is 11.5 Å². The molecule has 3 rings (SSSR count).